The van der Waals surface area contributed by atoms with Gasteiger partial charge in [0.25, 0.3) is 0 Å². The summed E-state index contributed by atoms with van der Waals surface area (Å²) in [4.78, 5) is 4.36. The molecule has 0 aromatic carbocycles. The molecule has 88 valence electrons. The van der Waals surface area contributed by atoms with Crippen LogP contribution in [0.4, 0.5) is 0 Å². The van der Waals surface area contributed by atoms with Crippen molar-refractivity contribution < 1.29 is 9.47 Å². The van der Waals surface area contributed by atoms with Crippen molar-refractivity contribution >= 4 is 11.8 Å². The zero-order valence-electron chi connectivity index (χ0n) is 9.09. The van der Waals surface area contributed by atoms with Gasteiger partial charge < -0.3 is 9.47 Å². The molecule has 0 amide bonds. The lowest BCUT2D eigenvalue weighted by atomic mass is 10.2. The normalized spacial score (nSPS) is 25.1. The third-order valence-corrected chi connectivity index (χ3v) is 3.79. The molecule has 1 atom stereocenters. The summed E-state index contributed by atoms with van der Waals surface area (Å²) in [7, 11) is 0. The molecule has 0 aliphatic carbocycles. The Morgan fingerprint density at radius 2 is 2.38 bits per heavy atom. The molecule has 0 saturated carbocycles. The number of hydrogen-bond donors (Lipinski definition) is 0. The molecular formula is C10H15N3O2S. The van der Waals surface area contributed by atoms with Gasteiger partial charge in [-0.2, -0.15) is 4.98 Å². The summed E-state index contributed by atoms with van der Waals surface area (Å²) in [6.45, 7) is 1.73. The Morgan fingerprint density at radius 3 is 3.19 bits per heavy atom. The molecule has 0 radical (unpaired) electrons. The average Bonchev–Trinajstić information content (AvgIpc) is 2.72. The van der Waals surface area contributed by atoms with E-state index < -0.39 is 0 Å². The molecule has 2 aliphatic rings. The van der Waals surface area contributed by atoms with Gasteiger partial charge >= 0.3 is 6.01 Å². The van der Waals surface area contributed by atoms with Crippen LogP contribution in [0.3, 0.4) is 0 Å². The van der Waals surface area contributed by atoms with Crippen LogP contribution < -0.4 is 4.74 Å². The summed E-state index contributed by atoms with van der Waals surface area (Å²) in [5, 5.41) is 5.30. The lowest BCUT2D eigenvalue weighted by Gasteiger charge is -2.21. The number of aromatic nitrogens is 3. The van der Waals surface area contributed by atoms with E-state index in [1.165, 1.54) is 0 Å². The van der Waals surface area contributed by atoms with E-state index in [1.807, 2.05) is 4.68 Å². The fourth-order valence-electron chi connectivity index (χ4n) is 1.91. The predicted octanol–water partition coefficient (Wildman–Crippen LogP) is 1.68. The Hall–Kier alpha value is -0.750. The standard InChI is InChI=1S/C10H15N3O2S/c1-2-6-14-8(4-1)15-9-11-10-13(12-9)5-3-7-16-10/h8H,1-7H2. The summed E-state index contributed by atoms with van der Waals surface area (Å²) < 4.78 is 13.0. The Labute approximate surface area is 98.5 Å². The minimum absolute atomic E-state index is 0.150. The Balaban J connectivity index is 1.67. The highest BCUT2D eigenvalue weighted by Crippen LogP contribution is 2.25. The van der Waals surface area contributed by atoms with Gasteiger partial charge in [-0.05, 0) is 19.3 Å². The Bertz CT molecular complexity index is 339. The van der Waals surface area contributed by atoms with Gasteiger partial charge in [0.05, 0.1) is 6.61 Å². The molecule has 3 rings (SSSR count). The van der Waals surface area contributed by atoms with Crippen LogP contribution in [0.25, 0.3) is 0 Å². The number of ether oxygens (including phenoxy) is 2. The van der Waals surface area contributed by atoms with Crippen molar-refractivity contribution in [2.75, 3.05) is 12.4 Å². The van der Waals surface area contributed by atoms with Gasteiger partial charge in [0.1, 0.15) is 0 Å². The van der Waals surface area contributed by atoms with Crippen LogP contribution in [-0.4, -0.2) is 33.4 Å². The van der Waals surface area contributed by atoms with E-state index in [0.29, 0.717) is 6.01 Å². The van der Waals surface area contributed by atoms with Crippen molar-refractivity contribution in [1.82, 2.24) is 14.8 Å². The molecular weight excluding hydrogens is 226 g/mol. The van der Waals surface area contributed by atoms with Gasteiger partial charge in [-0.25, -0.2) is 4.68 Å². The maximum Gasteiger partial charge on any atom is 0.338 e. The summed E-state index contributed by atoms with van der Waals surface area (Å²) in [6.07, 6.45) is 4.23. The third-order valence-electron chi connectivity index (χ3n) is 2.74. The molecule has 2 aliphatic heterocycles. The smallest absolute Gasteiger partial charge is 0.338 e. The first-order chi connectivity index (χ1) is 7.92. The zero-order valence-corrected chi connectivity index (χ0v) is 9.91. The van der Waals surface area contributed by atoms with Crippen LogP contribution in [0.5, 0.6) is 6.01 Å². The lowest BCUT2D eigenvalue weighted by Crippen LogP contribution is -2.25. The summed E-state index contributed by atoms with van der Waals surface area (Å²) in [6, 6.07) is 0.469. The number of fused-ring (bicyclic) bond motifs is 1. The van der Waals surface area contributed by atoms with Gasteiger partial charge in [0.15, 0.2) is 5.16 Å². The van der Waals surface area contributed by atoms with Crippen LogP contribution >= 0.6 is 11.8 Å². The van der Waals surface area contributed by atoms with Gasteiger partial charge in [0.2, 0.25) is 6.29 Å². The maximum absolute atomic E-state index is 5.63. The van der Waals surface area contributed by atoms with E-state index in [-0.39, 0.29) is 6.29 Å². The van der Waals surface area contributed by atoms with E-state index in [4.69, 9.17) is 9.47 Å². The van der Waals surface area contributed by atoms with Crippen LogP contribution in [0, 0.1) is 0 Å². The Kier molecular flexibility index (Phi) is 3.01. The molecule has 6 heteroatoms. The minimum atomic E-state index is -0.150. The fraction of sp³-hybridized carbons (Fsp3) is 0.800. The monoisotopic (exact) mass is 241 g/mol. The second-order valence-corrected chi connectivity index (χ2v) is 5.08. The molecule has 5 nitrogen and oxygen atoms in total. The van der Waals surface area contributed by atoms with Crippen LogP contribution in [0.1, 0.15) is 25.7 Å². The van der Waals surface area contributed by atoms with Crippen molar-refractivity contribution in [2.45, 2.75) is 43.7 Å². The summed E-state index contributed by atoms with van der Waals surface area (Å²) in [5.41, 5.74) is 0. The maximum atomic E-state index is 5.63. The van der Waals surface area contributed by atoms with Gasteiger partial charge in [-0.15, -0.1) is 5.10 Å². The van der Waals surface area contributed by atoms with E-state index in [0.717, 1.165) is 49.7 Å². The third kappa shape index (κ3) is 2.17. The molecule has 0 spiro atoms. The van der Waals surface area contributed by atoms with Crippen LogP contribution in [-0.2, 0) is 11.3 Å². The van der Waals surface area contributed by atoms with Crippen molar-refractivity contribution in [2.24, 2.45) is 0 Å². The topological polar surface area (TPSA) is 49.2 Å². The van der Waals surface area contributed by atoms with Gasteiger partial charge in [0, 0.05) is 18.7 Å². The molecule has 3 heterocycles. The first-order valence-electron chi connectivity index (χ1n) is 5.78. The van der Waals surface area contributed by atoms with Gasteiger partial charge in [-0.1, -0.05) is 11.8 Å². The highest BCUT2D eigenvalue weighted by atomic mass is 32.2. The van der Waals surface area contributed by atoms with E-state index in [1.54, 1.807) is 11.8 Å². The molecule has 1 saturated heterocycles. The zero-order chi connectivity index (χ0) is 10.8. The number of aryl methyl sites for hydroxylation is 1. The van der Waals surface area contributed by atoms with Crippen LogP contribution in [0.2, 0.25) is 0 Å². The highest BCUT2D eigenvalue weighted by Gasteiger charge is 2.20. The average molecular weight is 241 g/mol. The molecule has 1 unspecified atom stereocenters. The SMILES string of the molecule is C1CCC(Oc2nc3n(n2)CCCS3)OC1. The van der Waals surface area contributed by atoms with E-state index in [2.05, 4.69) is 10.1 Å². The summed E-state index contributed by atoms with van der Waals surface area (Å²) in [5.74, 6) is 1.12. The van der Waals surface area contributed by atoms with Crippen molar-refractivity contribution in [3.63, 3.8) is 0 Å². The Morgan fingerprint density at radius 1 is 1.38 bits per heavy atom. The second kappa shape index (κ2) is 4.63. The quantitative estimate of drug-likeness (QED) is 0.788. The highest BCUT2D eigenvalue weighted by molar-refractivity contribution is 7.99. The van der Waals surface area contributed by atoms with E-state index >= 15 is 0 Å². The molecule has 0 bridgehead atoms. The number of thioether (sulfide) groups is 1. The predicted molar refractivity (Wildman–Crippen MR) is 59.6 cm³/mol. The number of rotatable bonds is 2. The van der Waals surface area contributed by atoms with Crippen LogP contribution in [0.15, 0.2) is 5.16 Å². The number of hydrogen-bond acceptors (Lipinski definition) is 5. The first kappa shape index (κ1) is 10.4. The molecule has 16 heavy (non-hydrogen) atoms. The molecule has 0 N–H and O–H groups in total. The largest absolute Gasteiger partial charge is 0.432 e. The van der Waals surface area contributed by atoms with Gasteiger partial charge in [-0.3, -0.25) is 0 Å². The van der Waals surface area contributed by atoms with Crippen molar-refractivity contribution in [1.29, 1.82) is 0 Å². The fourth-order valence-corrected chi connectivity index (χ4v) is 2.79. The lowest BCUT2D eigenvalue weighted by molar-refractivity contribution is -0.110. The van der Waals surface area contributed by atoms with Crippen molar-refractivity contribution in [3.05, 3.63) is 0 Å². The van der Waals surface area contributed by atoms with E-state index in [9.17, 15) is 0 Å². The minimum Gasteiger partial charge on any atom is -0.432 e. The molecule has 1 aromatic heterocycles. The van der Waals surface area contributed by atoms with Crippen molar-refractivity contribution in [3.8, 4) is 6.01 Å². The summed E-state index contributed by atoms with van der Waals surface area (Å²) >= 11 is 1.74. The first-order valence-corrected chi connectivity index (χ1v) is 6.76. The number of nitrogens with zero attached hydrogens (tertiary/aromatic N) is 3. The molecule has 1 aromatic rings. The second-order valence-electron chi connectivity index (χ2n) is 4.02. The molecule has 1 fully saturated rings.